The second-order valence-corrected chi connectivity index (χ2v) is 8.15. The summed E-state index contributed by atoms with van der Waals surface area (Å²) in [5.74, 6) is -1.37. The first-order valence-corrected chi connectivity index (χ1v) is 10.5. The summed E-state index contributed by atoms with van der Waals surface area (Å²) in [7, 11) is 0. The van der Waals surface area contributed by atoms with Crippen LogP contribution in [0.2, 0.25) is 5.02 Å². The Morgan fingerprint density at radius 2 is 1.90 bits per heavy atom. The van der Waals surface area contributed by atoms with Crippen LogP contribution in [-0.2, 0) is 23.8 Å². The van der Waals surface area contributed by atoms with Crippen molar-refractivity contribution in [2.24, 2.45) is 0 Å². The lowest BCUT2D eigenvalue weighted by Crippen LogP contribution is -2.19. The van der Waals surface area contributed by atoms with Gasteiger partial charge in [0.1, 0.15) is 5.82 Å². The molecule has 0 aliphatic heterocycles. The maximum atomic E-state index is 13.7. The number of aromatic nitrogens is 2. The number of nitrogens with zero attached hydrogens (tertiary/aromatic N) is 2. The third-order valence-corrected chi connectivity index (χ3v) is 5.84. The van der Waals surface area contributed by atoms with E-state index in [2.05, 4.69) is 15.3 Å². The highest BCUT2D eigenvalue weighted by Crippen LogP contribution is 2.40. The van der Waals surface area contributed by atoms with Crippen molar-refractivity contribution in [2.45, 2.75) is 24.2 Å². The van der Waals surface area contributed by atoms with E-state index in [-0.39, 0.29) is 39.3 Å². The SMILES string of the molecule is O=C(CSc1nc2c(c(C(F)(F)F)n1)CCc1ccccc1-2)Nc1ccc(F)c(Cl)c1. The zero-order valence-electron chi connectivity index (χ0n) is 15.8. The summed E-state index contributed by atoms with van der Waals surface area (Å²) in [6.45, 7) is 0. The lowest BCUT2D eigenvalue weighted by atomic mass is 9.88. The van der Waals surface area contributed by atoms with Crippen molar-refractivity contribution in [3.8, 4) is 11.3 Å². The number of benzene rings is 2. The van der Waals surface area contributed by atoms with E-state index in [1.54, 1.807) is 12.1 Å². The number of fused-ring (bicyclic) bond motifs is 3. The molecule has 3 aromatic rings. The second kappa shape index (κ2) is 8.47. The Kier molecular flexibility index (Phi) is 5.90. The third kappa shape index (κ3) is 4.67. The number of anilines is 1. The van der Waals surface area contributed by atoms with Crippen LogP contribution < -0.4 is 5.32 Å². The summed E-state index contributed by atoms with van der Waals surface area (Å²) < 4.78 is 54.2. The van der Waals surface area contributed by atoms with Gasteiger partial charge in [0.25, 0.3) is 0 Å². The number of nitrogens with one attached hydrogen (secondary N) is 1. The number of halogens is 5. The fraction of sp³-hybridized carbons (Fsp3) is 0.190. The molecular formula is C21H14ClF4N3OS. The highest BCUT2D eigenvalue weighted by molar-refractivity contribution is 7.99. The average Bonchev–Trinajstić information content (AvgIpc) is 2.73. The molecule has 0 radical (unpaired) electrons. The molecular weight excluding hydrogens is 454 g/mol. The fourth-order valence-electron chi connectivity index (χ4n) is 3.35. The monoisotopic (exact) mass is 467 g/mol. The largest absolute Gasteiger partial charge is 0.433 e. The van der Waals surface area contributed by atoms with Crippen LogP contribution in [0, 0.1) is 5.82 Å². The first-order chi connectivity index (χ1) is 14.7. The maximum Gasteiger partial charge on any atom is 0.433 e. The molecule has 1 aromatic heterocycles. The summed E-state index contributed by atoms with van der Waals surface area (Å²) in [6, 6.07) is 10.9. The Morgan fingerprint density at radius 3 is 2.65 bits per heavy atom. The van der Waals surface area contributed by atoms with Gasteiger partial charge in [0.2, 0.25) is 5.91 Å². The van der Waals surface area contributed by atoms with E-state index in [0.717, 1.165) is 23.4 Å². The van der Waals surface area contributed by atoms with E-state index in [4.69, 9.17) is 11.6 Å². The number of hydrogen-bond donors (Lipinski definition) is 1. The minimum atomic E-state index is -4.64. The van der Waals surface area contributed by atoms with Crippen molar-refractivity contribution in [3.05, 3.63) is 70.1 Å². The van der Waals surface area contributed by atoms with Gasteiger partial charge in [-0.05, 0) is 36.6 Å². The molecule has 1 aliphatic carbocycles. The molecule has 0 bridgehead atoms. The molecule has 1 amide bonds. The first-order valence-electron chi connectivity index (χ1n) is 9.16. The molecule has 0 spiro atoms. The summed E-state index contributed by atoms with van der Waals surface area (Å²) in [5, 5.41) is 2.22. The van der Waals surface area contributed by atoms with Crippen LogP contribution in [-0.4, -0.2) is 21.6 Å². The molecule has 1 aliphatic rings. The molecule has 31 heavy (non-hydrogen) atoms. The predicted molar refractivity (Wildman–Crippen MR) is 111 cm³/mol. The Labute approximate surface area is 184 Å². The highest BCUT2D eigenvalue weighted by atomic mass is 35.5. The zero-order valence-corrected chi connectivity index (χ0v) is 17.3. The Balaban J connectivity index is 1.59. The summed E-state index contributed by atoms with van der Waals surface area (Å²) in [6.07, 6.45) is -3.97. The maximum absolute atomic E-state index is 13.7. The second-order valence-electron chi connectivity index (χ2n) is 6.80. The predicted octanol–water partition coefficient (Wildman–Crippen LogP) is 5.78. The van der Waals surface area contributed by atoms with E-state index < -0.39 is 23.6 Å². The molecule has 2 aromatic carbocycles. The van der Waals surface area contributed by atoms with Crippen LogP contribution in [0.15, 0.2) is 47.6 Å². The van der Waals surface area contributed by atoms with E-state index in [9.17, 15) is 22.4 Å². The molecule has 0 saturated heterocycles. The molecule has 0 atom stereocenters. The summed E-state index contributed by atoms with van der Waals surface area (Å²) >= 11 is 6.47. The van der Waals surface area contributed by atoms with Gasteiger partial charge in [-0.3, -0.25) is 4.79 Å². The van der Waals surface area contributed by atoms with Gasteiger partial charge in [-0.2, -0.15) is 13.2 Å². The Morgan fingerprint density at radius 1 is 1.13 bits per heavy atom. The van der Waals surface area contributed by atoms with Crippen LogP contribution in [0.1, 0.15) is 16.8 Å². The van der Waals surface area contributed by atoms with Gasteiger partial charge >= 0.3 is 6.18 Å². The van der Waals surface area contributed by atoms with Crippen molar-refractivity contribution in [1.82, 2.24) is 9.97 Å². The van der Waals surface area contributed by atoms with Crippen molar-refractivity contribution in [1.29, 1.82) is 0 Å². The third-order valence-electron chi connectivity index (χ3n) is 4.71. The topological polar surface area (TPSA) is 54.9 Å². The fourth-order valence-corrected chi connectivity index (χ4v) is 4.18. The zero-order chi connectivity index (χ0) is 22.2. The van der Waals surface area contributed by atoms with Gasteiger partial charge < -0.3 is 5.32 Å². The highest BCUT2D eigenvalue weighted by Gasteiger charge is 2.38. The lowest BCUT2D eigenvalue weighted by Gasteiger charge is -2.22. The minimum Gasteiger partial charge on any atom is -0.325 e. The lowest BCUT2D eigenvalue weighted by molar-refractivity contribution is -0.142. The smallest absolute Gasteiger partial charge is 0.325 e. The number of carbonyl (C=O) groups excluding carboxylic acids is 1. The number of hydrogen-bond acceptors (Lipinski definition) is 4. The number of aryl methyl sites for hydroxylation is 1. The van der Waals surface area contributed by atoms with Gasteiger partial charge in [-0.25, -0.2) is 14.4 Å². The molecule has 0 saturated carbocycles. The van der Waals surface area contributed by atoms with E-state index >= 15 is 0 Å². The molecule has 10 heteroatoms. The normalized spacial score (nSPS) is 12.8. The molecule has 0 unspecified atom stereocenters. The van der Waals surface area contributed by atoms with Gasteiger partial charge in [-0.1, -0.05) is 47.6 Å². The molecule has 4 rings (SSSR count). The van der Waals surface area contributed by atoms with E-state index in [1.165, 1.54) is 12.1 Å². The van der Waals surface area contributed by atoms with Crippen molar-refractivity contribution in [2.75, 3.05) is 11.1 Å². The minimum absolute atomic E-state index is 0.0703. The molecule has 1 heterocycles. The molecule has 0 fully saturated rings. The number of amides is 1. The van der Waals surface area contributed by atoms with Gasteiger partial charge in [0, 0.05) is 16.8 Å². The summed E-state index contributed by atoms with van der Waals surface area (Å²) in [4.78, 5) is 20.3. The quantitative estimate of drug-likeness (QED) is 0.300. The van der Waals surface area contributed by atoms with Gasteiger partial charge in [0.05, 0.1) is 16.5 Å². The van der Waals surface area contributed by atoms with Crippen LogP contribution in [0.25, 0.3) is 11.3 Å². The summed E-state index contributed by atoms with van der Waals surface area (Å²) in [5.41, 5.74) is 1.18. The molecule has 1 N–H and O–H groups in total. The molecule has 160 valence electrons. The van der Waals surface area contributed by atoms with Crippen molar-refractivity contribution in [3.63, 3.8) is 0 Å². The average molecular weight is 468 g/mol. The Bertz CT molecular complexity index is 1170. The Hall–Kier alpha value is -2.65. The number of rotatable bonds is 4. The van der Waals surface area contributed by atoms with Crippen LogP contribution in [0.5, 0.6) is 0 Å². The van der Waals surface area contributed by atoms with Gasteiger partial charge in [-0.15, -0.1) is 0 Å². The van der Waals surface area contributed by atoms with Crippen molar-refractivity contribution >= 4 is 35.0 Å². The first kappa shape index (κ1) is 21.6. The van der Waals surface area contributed by atoms with E-state index in [1.807, 2.05) is 12.1 Å². The van der Waals surface area contributed by atoms with Crippen LogP contribution >= 0.6 is 23.4 Å². The van der Waals surface area contributed by atoms with Crippen molar-refractivity contribution < 1.29 is 22.4 Å². The number of alkyl halides is 3. The number of thioether (sulfide) groups is 1. The van der Waals surface area contributed by atoms with Gasteiger partial charge in [0.15, 0.2) is 10.9 Å². The number of carbonyl (C=O) groups is 1. The van der Waals surface area contributed by atoms with Crippen LogP contribution in [0.4, 0.5) is 23.2 Å². The van der Waals surface area contributed by atoms with E-state index in [0.29, 0.717) is 12.0 Å². The standard InChI is InChI=1S/C21H14ClF4N3OS/c22-15-9-12(6-8-16(15)23)27-17(30)10-31-20-28-18-13-4-2-1-3-11(13)5-7-14(18)19(29-20)21(24,25)26/h1-4,6,8-9H,5,7,10H2,(H,27,30). The van der Waals surface area contributed by atoms with Crippen LogP contribution in [0.3, 0.4) is 0 Å². The molecule has 4 nitrogen and oxygen atoms in total.